The summed E-state index contributed by atoms with van der Waals surface area (Å²) in [5.74, 6) is 1.58. The van der Waals surface area contributed by atoms with E-state index in [4.69, 9.17) is 15.4 Å². The number of aliphatic carboxylic acids is 1. The summed E-state index contributed by atoms with van der Waals surface area (Å²) in [6, 6.07) is 6.06. The van der Waals surface area contributed by atoms with Gasteiger partial charge in [-0.2, -0.15) is 15.3 Å². The SMILES string of the molecule is N#CCC1CCN(c2nc(Nc3ccc(N4CCC(CC(=O)O)CC4)nc3)c3c(=O)[nH]ncc3n2)CC1. The van der Waals surface area contributed by atoms with E-state index >= 15 is 0 Å². The lowest BCUT2D eigenvalue weighted by Crippen LogP contribution is -2.35. The maximum atomic E-state index is 12.6. The number of H-pyrrole nitrogens is 1. The Morgan fingerprint density at radius 3 is 2.49 bits per heavy atom. The molecule has 5 rings (SSSR count). The van der Waals surface area contributed by atoms with Crippen molar-refractivity contribution in [2.24, 2.45) is 11.8 Å². The molecule has 0 radical (unpaired) electrons. The van der Waals surface area contributed by atoms with Crippen LogP contribution < -0.4 is 20.7 Å². The lowest BCUT2D eigenvalue weighted by molar-refractivity contribution is -0.138. The van der Waals surface area contributed by atoms with Crippen molar-refractivity contribution < 1.29 is 9.90 Å². The highest BCUT2D eigenvalue weighted by Crippen LogP contribution is 2.28. The van der Waals surface area contributed by atoms with Gasteiger partial charge in [-0.25, -0.2) is 15.1 Å². The number of fused-ring (bicyclic) bond motifs is 1. The normalized spacial score (nSPS) is 17.1. The molecule has 3 aromatic heterocycles. The summed E-state index contributed by atoms with van der Waals surface area (Å²) in [5, 5.41) is 27.9. The smallest absolute Gasteiger partial charge is 0.303 e. The lowest BCUT2D eigenvalue weighted by atomic mass is 9.94. The van der Waals surface area contributed by atoms with Crippen molar-refractivity contribution >= 4 is 40.1 Å². The zero-order chi connectivity index (χ0) is 25.8. The van der Waals surface area contributed by atoms with Gasteiger partial charge in [0.1, 0.15) is 22.5 Å². The van der Waals surface area contributed by atoms with E-state index in [0.29, 0.717) is 40.7 Å². The molecule has 12 heteroatoms. The molecule has 0 aliphatic carbocycles. The summed E-state index contributed by atoms with van der Waals surface area (Å²) in [4.78, 5) is 41.7. The second-order valence-corrected chi connectivity index (χ2v) is 9.68. The largest absolute Gasteiger partial charge is 0.481 e. The third-order valence-corrected chi connectivity index (χ3v) is 7.19. The van der Waals surface area contributed by atoms with Crippen LogP contribution in [-0.2, 0) is 4.79 Å². The average molecular weight is 504 g/mol. The van der Waals surface area contributed by atoms with Gasteiger partial charge >= 0.3 is 5.97 Å². The van der Waals surface area contributed by atoms with Crippen molar-refractivity contribution in [3.05, 3.63) is 34.9 Å². The number of nitriles is 1. The number of pyridine rings is 1. The highest BCUT2D eigenvalue weighted by molar-refractivity contribution is 5.90. The minimum Gasteiger partial charge on any atom is -0.481 e. The fourth-order valence-electron chi connectivity index (χ4n) is 5.09. The highest BCUT2D eigenvalue weighted by atomic mass is 16.4. The van der Waals surface area contributed by atoms with E-state index < -0.39 is 5.97 Å². The fraction of sp³-hybridized carbons (Fsp3) is 0.480. The number of nitrogens with zero attached hydrogens (tertiary/aromatic N) is 7. The van der Waals surface area contributed by atoms with Gasteiger partial charge in [0.25, 0.3) is 5.56 Å². The first-order chi connectivity index (χ1) is 18.0. The molecule has 2 aliphatic rings. The predicted molar refractivity (Wildman–Crippen MR) is 138 cm³/mol. The van der Waals surface area contributed by atoms with E-state index in [1.807, 2.05) is 12.1 Å². The zero-order valence-corrected chi connectivity index (χ0v) is 20.4. The Labute approximate surface area is 213 Å². The summed E-state index contributed by atoms with van der Waals surface area (Å²) < 4.78 is 0. The van der Waals surface area contributed by atoms with Gasteiger partial charge in [-0.05, 0) is 49.7 Å². The minimum absolute atomic E-state index is 0.208. The predicted octanol–water partition coefficient (Wildman–Crippen LogP) is 2.67. The molecule has 0 bridgehead atoms. The van der Waals surface area contributed by atoms with E-state index in [0.717, 1.165) is 57.7 Å². The molecule has 2 aliphatic heterocycles. The molecule has 192 valence electrons. The molecule has 0 amide bonds. The van der Waals surface area contributed by atoms with Crippen LogP contribution in [0, 0.1) is 23.2 Å². The molecule has 0 unspecified atom stereocenters. The number of rotatable bonds is 7. The van der Waals surface area contributed by atoms with Crippen LogP contribution in [0.25, 0.3) is 10.9 Å². The van der Waals surface area contributed by atoms with Gasteiger partial charge in [0.05, 0.1) is 24.2 Å². The standard InChI is InChI=1S/C25H29N9O3/c26-8-3-16-4-11-34(12-5-16)25-30-19-15-28-32-24(37)22(19)23(31-25)29-18-1-2-20(27-14-18)33-9-6-17(7-10-33)13-21(35)36/h1-2,14-17H,3-7,9-13H2,(H,32,37)(H,35,36)(H,29,30,31). The monoisotopic (exact) mass is 503 g/mol. The summed E-state index contributed by atoms with van der Waals surface area (Å²) in [5.41, 5.74) is 0.747. The van der Waals surface area contributed by atoms with Crippen molar-refractivity contribution in [3.8, 4) is 6.07 Å². The summed E-state index contributed by atoms with van der Waals surface area (Å²) in [6.45, 7) is 3.02. The molecule has 0 atom stereocenters. The number of hydrogen-bond donors (Lipinski definition) is 3. The Kier molecular flexibility index (Phi) is 7.11. The van der Waals surface area contributed by atoms with Crippen LogP contribution in [-0.4, -0.2) is 62.4 Å². The molecule has 5 heterocycles. The molecule has 3 N–H and O–H groups in total. The van der Waals surface area contributed by atoms with Crippen molar-refractivity contribution in [3.63, 3.8) is 0 Å². The number of aromatic nitrogens is 5. The van der Waals surface area contributed by atoms with E-state index in [2.05, 4.69) is 41.4 Å². The van der Waals surface area contributed by atoms with Crippen molar-refractivity contribution in [1.82, 2.24) is 25.1 Å². The van der Waals surface area contributed by atoms with Crippen LogP contribution in [0.15, 0.2) is 29.3 Å². The lowest BCUT2D eigenvalue weighted by Gasteiger charge is -2.32. The molecule has 2 fully saturated rings. The quantitative estimate of drug-likeness (QED) is 0.434. The fourth-order valence-corrected chi connectivity index (χ4v) is 5.09. The van der Waals surface area contributed by atoms with E-state index in [1.54, 1.807) is 6.20 Å². The Hall–Kier alpha value is -4.27. The topological polar surface area (TPSA) is 164 Å². The van der Waals surface area contributed by atoms with Crippen LogP contribution in [0.1, 0.15) is 38.5 Å². The maximum absolute atomic E-state index is 12.6. The van der Waals surface area contributed by atoms with Gasteiger partial charge in [-0.15, -0.1) is 0 Å². The molecule has 2 saturated heterocycles. The average Bonchev–Trinajstić information content (AvgIpc) is 2.90. The molecule has 37 heavy (non-hydrogen) atoms. The molecular formula is C25H29N9O3. The van der Waals surface area contributed by atoms with Crippen LogP contribution in [0.3, 0.4) is 0 Å². The number of carboxylic acids is 1. The number of hydrogen-bond acceptors (Lipinski definition) is 10. The first kappa shape index (κ1) is 24.4. The molecule has 3 aromatic rings. The summed E-state index contributed by atoms with van der Waals surface area (Å²) in [7, 11) is 0. The molecule has 12 nitrogen and oxygen atoms in total. The minimum atomic E-state index is -0.745. The maximum Gasteiger partial charge on any atom is 0.303 e. The number of piperidine rings is 2. The van der Waals surface area contributed by atoms with Crippen LogP contribution in [0.2, 0.25) is 0 Å². The second kappa shape index (κ2) is 10.8. The van der Waals surface area contributed by atoms with E-state index in [-0.39, 0.29) is 17.9 Å². The van der Waals surface area contributed by atoms with Gasteiger partial charge in [0.15, 0.2) is 0 Å². The molecule has 0 spiro atoms. The molecule has 0 aromatic carbocycles. The van der Waals surface area contributed by atoms with Gasteiger partial charge in [0.2, 0.25) is 5.95 Å². The number of anilines is 4. The number of nitrogens with one attached hydrogen (secondary N) is 2. The van der Waals surface area contributed by atoms with Crippen molar-refractivity contribution in [1.29, 1.82) is 5.26 Å². The highest BCUT2D eigenvalue weighted by Gasteiger charge is 2.24. The first-order valence-electron chi connectivity index (χ1n) is 12.6. The summed E-state index contributed by atoms with van der Waals surface area (Å²) in [6.07, 6.45) is 7.43. The molecule has 0 saturated carbocycles. The summed E-state index contributed by atoms with van der Waals surface area (Å²) >= 11 is 0. The third-order valence-electron chi connectivity index (χ3n) is 7.19. The number of carboxylic acid groups (broad SMARTS) is 1. The van der Waals surface area contributed by atoms with Gasteiger partial charge in [-0.3, -0.25) is 9.59 Å². The Bertz CT molecular complexity index is 1350. The zero-order valence-electron chi connectivity index (χ0n) is 20.4. The van der Waals surface area contributed by atoms with Gasteiger partial charge in [0, 0.05) is 39.0 Å². The van der Waals surface area contributed by atoms with Crippen molar-refractivity contribution in [2.45, 2.75) is 38.5 Å². The van der Waals surface area contributed by atoms with Crippen molar-refractivity contribution in [2.75, 3.05) is 41.3 Å². The van der Waals surface area contributed by atoms with Gasteiger partial charge < -0.3 is 20.2 Å². The van der Waals surface area contributed by atoms with Crippen LogP contribution in [0.5, 0.6) is 0 Å². The first-order valence-corrected chi connectivity index (χ1v) is 12.6. The van der Waals surface area contributed by atoms with Crippen LogP contribution >= 0.6 is 0 Å². The van der Waals surface area contributed by atoms with Crippen LogP contribution in [0.4, 0.5) is 23.3 Å². The van der Waals surface area contributed by atoms with E-state index in [1.165, 1.54) is 6.20 Å². The van der Waals surface area contributed by atoms with Gasteiger partial charge in [-0.1, -0.05) is 0 Å². The Balaban J connectivity index is 1.33. The third kappa shape index (κ3) is 5.61. The van der Waals surface area contributed by atoms with E-state index in [9.17, 15) is 9.59 Å². The second-order valence-electron chi connectivity index (χ2n) is 9.68. The number of aromatic amines is 1. The Morgan fingerprint density at radius 2 is 1.81 bits per heavy atom. The Morgan fingerprint density at radius 1 is 1.08 bits per heavy atom. The number of carbonyl (C=O) groups is 1. The molecular weight excluding hydrogens is 474 g/mol.